The van der Waals surface area contributed by atoms with Crippen LogP contribution in [0.4, 0.5) is 0 Å². The molecule has 0 radical (unpaired) electrons. The number of amides is 1. The van der Waals surface area contributed by atoms with Crippen LogP contribution in [0, 0.1) is 0 Å². The number of hydrogen-bond acceptors (Lipinski definition) is 7. The normalized spacial score (nSPS) is 14.4. The van der Waals surface area contributed by atoms with Gasteiger partial charge in [-0.25, -0.2) is 4.57 Å². The van der Waals surface area contributed by atoms with Gasteiger partial charge in [0.25, 0.3) is 0 Å². The highest BCUT2D eigenvalue weighted by Crippen LogP contribution is 2.43. The second kappa shape index (κ2) is 47.2. The minimum atomic E-state index is -4.38. The van der Waals surface area contributed by atoms with Crippen molar-refractivity contribution in [3.8, 4) is 0 Å². The molecule has 364 valence electrons. The number of phosphoric acid groups is 1. The van der Waals surface area contributed by atoms with Gasteiger partial charge in [-0.2, -0.15) is 0 Å². The molecule has 0 spiro atoms. The first-order valence-corrected chi connectivity index (χ1v) is 27.9. The molecule has 0 fully saturated rings. The van der Waals surface area contributed by atoms with Gasteiger partial charge >= 0.3 is 7.82 Å². The smallest absolute Gasteiger partial charge is 0.393 e. The van der Waals surface area contributed by atoms with Crippen LogP contribution in [0.2, 0.25) is 0 Å². The zero-order chi connectivity index (χ0) is 44.8. The monoisotopic (exact) mass is 887 g/mol. The number of carbonyl (C=O) groups excluding carboxylic acids is 1. The molecule has 1 amide bonds. The highest BCUT2D eigenvalue weighted by Gasteiger charge is 2.28. The lowest BCUT2D eigenvalue weighted by Gasteiger charge is -2.25. The van der Waals surface area contributed by atoms with Gasteiger partial charge in [-0.3, -0.25) is 13.8 Å². The molecule has 0 rings (SSSR count). The quantitative estimate of drug-likeness (QED) is 0.0230. The number of phosphoric ester groups is 1. The first-order valence-electron chi connectivity index (χ1n) is 26.4. The molecule has 61 heavy (non-hydrogen) atoms. The summed E-state index contributed by atoms with van der Waals surface area (Å²) in [6, 6.07) is -0.897. The summed E-state index contributed by atoms with van der Waals surface area (Å²) in [6.45, 7) is 4.09. The third-order valence-electron chi connectivity index (χ3n) is 12.2. The van der Waals surface area contributed by atoms with Gasteiger partial charge in [0.15, 0.2) is 0 Å². The molecular weight excluding hydrogens is 784 g/mol. The molecule has 0 aliphatic rings. The third-order valence-corrected chi connectivity index (χ3v) is 13.2. The SMILES string of the molecule is CCCCCCCCCCCCC/C=C\CCCCCCCC(O)CC(=O)NC(COP(=O)(O)OCCN)C(O)CCCCCCCCCCCCCCCCCCCCC. The number of unbranched alkanes of at least 4 members (excludes halogenated alkanes) is 34. The predicted molar refractivity (Wildman–Crippen MR) is 260 cm³/mol. The fraction of sp³-hybridized carbons (Fsp3) is 0.941. The zero-order valence-electron chi connectivity index (χ0n) is 40.3. The molecule has 0 aromatic carbocycles. The average molecular weight is 887 g/mol. The van der Waals surface area contributed by atoms with Crippen molar-refractivity contribution in [3.63, 3.8) is 0 Å². The van der Waals surface area contributed by atoms with Crippen LogP contribution >= 0.6 is 7.82 Å². The molecule has 0 bridgehead atoms. The molecule has 0 aliphatic carbocycles. The van der Waals surface area contributed by atoms with Crippen molar-refractivity contribution in [2.24, 2.45) is 5.73 Å². The third kappa shape index (κ3) is 45.6. The van der Waals surface area contributed by atoms with E-state index in [2.05, 4.69) is 31.3 Å². The Morgan fingerprint density at radius 2 is 0.885 bits per heavy atom. The van der Waals surface area contributed by atoms with E-state index in [1.165, 1.54) is 193 Å². The number of allylic oxidation sites excluding steroid dienone is 2. The van der Waals surface area contributed by atoms with Gasteiger partial charge in [-0.1, -0.05) is 238 Å². The fourth-order valence-electron chi connectivity index (χ4n) is 8.18. The van der Waals surface area contributed by atoms with Gasteiger partial charge in [0.1, 0.15) is 0 Å². The fourth-order valence-corrected chi connectivity index (χ4v) is 8.94. The van der Waals surface area contributed by atoms with Crippen molar-refractivity contribution < 1.29 is 33.5 Å². The van der Waals surface area contributed by atoms with Crippen LogP contribution in [0.15, 0.2) is 12.2 Å². The van der Waals surface area contributed by atoms with Crippen LogP contribution in [-0.2, 0) is 18.4 Å². The van der Waals surface area contributed by atoms with Crippen LogP contribution in [0.3, 0.4) is 0 Å². The predicted octanol–water partition coefficient (Wildman–Crippen LogP) is 14.5. The number of hydrogen-bond donors (Lipinski definition) is 5. The molecular formula is C51H103N2O7P. The second-order valence-corrected chi connectivity index (χ2v) is 19.7. The molecule has 9 nitrogen and oxygen atoms in total. The van der Waals surface area contributed by atoms with Crippen molar-refractivity contribution in [1.29, 1.82) is 0 Å². The van der Waals surface area contributed by atoms with Gasteiger partial charge in [-0.05, 0) is 38.5 Å². The van der Waals surface area contributed by atoms with Gasteiger partial charge in [0.05, 0.1) is 37.9 Å². The Kier molecular flexibility index (Phi) is 46.6. The molecule has 0 aromatic heterocycles. The summed E-state index contributed by atoms with van der Waals surface area (Å²) in [4.78, 5) is 22.9. The number of rotatable bonds is 50. The minimum absolute atomic E-state index is 0.0604. The molecule has 6 N–H and O–H groups in total. The van der Waals surface area contributed by atoms with E-state index in [0.717, 1.165) is 44.9 Å². The highest BCUT2D eigenvalue weighted by atomic mass is 31.2. The lowest BCUT2D eigenvalue weighted by molar-refractivity contribution is -0.125. The molecule has 0 saturated carbocycles. The molecule has 0 aliphatic heterocycles. The van der Waals surface area contributed by atoms with E-state index in [9.17, 15) is 24.5 Å². The van der Waals surface area contributed by atoms with Crippen LogP contribution in [0.25, 0.3) is 0 Å². The van der Waals surface area contributed by atoms with Crippen LogP contribution in [-0.4, -0.2) is 59.0 Å². The van der Waals surface area contributed by atoms with Crippen molar-refractivity contribution in [1.82, 2.24) is 5.32 Å². The summed E-state index contributed by atoms with van der Waals surface area (Å²) in [7, 11) is -4.38. The van der Waals surface area contributed by atoms with Gasteiger partial charge < -0.3 is 26.2 Å². The Balaban J connectivity index is 4.13. The van der Waals surface area contributed by atoms with Crippen molar-refractivity contribution >= 4 is 13.7 Å². The number of aliphatic hydroxyl groups excluding tert-OH is 2. The summed E-state index contributed by atoms with van der Waals surface area (Å²) in [5.74, 6) is -0.413. The molecule has 4 atom stereocenters. The van der Waals surface area contributed by atoms with E-state index >= 15 is 0 Å². The van der Waals surface area contributed by atoms with E-state index in [0.29, 0.717) is 12.8 Å². The topological polar surface area (TPSA) is 151 Å². The first kappa shape index (κ1) is 60.2. The maximum atomic E-state index is 12.9. The summed E-state index contributed by atoms with van der Waals surface area (Å²) < 4.78 is 22.2. The number of aliphatic hydroxyl groups is 2. The number of nitrogens with two attached hydrogens (primary N) is 1. The van der Waals surface area contributed by atoms with E-state index < -0.39 is 32.0 Å². The van der Waals surface area contributed by atoms with E-state index in [1.54, 1.807) is 0 Å². The lowest BCUT2D eigenvalue weighted by Crippen LogP contribution is -2.47. The van der Waals surface area contributed by atoms with Crippen LogP contribution in [0.1, 0.15) is 271 Å². The Bertz CT molecular complexity index is 987. The number of carbonyl (C=O) groups is 1. The zero-order valence-corrected chi connectivity index (χ0v) is 41.2. The van der Waals surface area contributed by atoms with E-state index in [-0.39, 0.29) is 26.2 Å². The van der Waals surface area contributed by atoms with Gasteiger partial charge in [0.2, 0.25) is 5.91 Å². The Morgan fingerprint density at radius 1 is 0.541 bits per heavy atom. The van der Waals surface area contributed by atoms with E-state index in [1.807, 2.05) is 0 Å². The van der Waals surface area contributed by atoms with Crippen LogP contribution < -0.4 is 11.1 Å². The Hall–Kier alpha value is -0.800. The summed E-state index contributed by atoms with van der Waals surface area (Å²) in [6.07, 6.45) is 51.2. The van der Waals surface area contributed by atoms with Crippen molar-refractivity contribution in [2.45, 2.75) is 289 Å². The number of nitrogens with one attached hydrogen (secondary N) is 1. The van der Waals surface area contributed by atoms with Gasteiger partial charge in [0, 0.05) is 6.54 Å². The maximum absolute atomic E-state index is 12.9. The van der Waals surface area contributed by atoms with Gasteiger partial charge in [-0.15, -0.1) is 0 Å². The Morgan fingerprint density at radius 3 is 1.26 bits per heavy atom. The molecule has 10 heteroatoms. The average Bonchev–Trinajstić information content (AvgIpc) is 3.24. The highest BCUT2D eigenvalue weighted by molar-refractivity contribution is 7.47. The van der Waals surface area contributed by atoms with Crippen molar-refractivity contribution in [2.75, 3.05) is 19.8 Å². The lowest BCUT2D eigenvalue weighted by atomic mass is 10.0. The summed E-state index contributed by atoms with van der Waals surface area (Å²) >= 11 is 0. The first-order chi connectivity index (χ1) is 29.8. The molecule has 4 unspecified atom stereocenters. The largest absolute Gasteiger partial charge is 0.472 e. The van der Waals surface area contributed by atoms with Crippen LogP contribution in [0.5, 0.6) is 0 Å². The molecule has 0 aromatic rings. The second-order valence-electron chi connectivity index (χ2n) is 18.3. The molecule has 0 saturated heterocycles. The standard InChI is InChI=1S/C51H103N2O7P/c1-3-5-7-9-11-13-15-17-19-21-23-25-26-28-30-32-34-36-38-40-42-48(54)46-51(56)53-49(47-60-61(57,58)59-45-44-52)50(55)43-41-39-37-35-33-31-29-27-24-22-20-18-16-14-12-10-8-6-4-2/h26,28,48-50,54-55H,3-25,27,29-47,52H2,1-2H3,(H,53,56)(H,57,58)/b28-26-. The molecule has 0 heterocycles. The maximum Gasteiger partial charge on any atom is 0.472 e. The summed E-state index contributed by atoms with van der Waals surface area (Å²) in [5, 5.41) is 24.3. The Labute approximate surface area is 378 Å². The van der Waals surface area contributed by atoms with Crippen molar-refractivity contribution in [3.05, 3.63) is 12.2 Å². The minimum Gasteiger partial charge on any atom is -0.393 e. The van der Waals surface area contributed by atoms with E-state index in [4.69, 9.17) is 14.8 Å². The summed E-state index contributed by atoms with van der Waals surface area (Å²) in [5.41, 5.74) is 5.39.